The van der Waals surface area contributed by atoms with Crippen molar-refractivity contribution in [2.75, 3.05) is 26.2 Å². The topological polar surface area (TPSA) is 87.9 Å². The van der Waals surface area contributed by atoms with Gasteiger partial charge in [-0.15, -0.1) is 10.2 Å². The van der Waals surface area contributed by atoms with E-state index in [9.17, 15) is 13.2 Å². The summed E-state index contributed by atoms with van der Waals surface area (Å²) in [7, 11) is -3.50. The molecule has 0 saturated carbocycles. The first-order valence-corrected chi connectivity index (χ1v) is 12.6. The molecule has 0 aliphatic carbocycles. The van der Waals surface area contributed by atoms with Gasteiger partial charge in [-0.3, -0.25) is 9.20 Å². The van der Waals surface area contributed by atoms with Gasteiger partial charge in [0.2, 0.25) is 15.9 Å². The van der Waals surface area contributed by atoms with Gasteiger partial charge in [-0.2, -0.15) is 4.31 Å². The summed E-state index contributed by atoms with van der Waals surface area (Å²) in [5.74, 6) is 1.07. The molecule has 1 aromatic carbocycles. The Morgan fingerprint density at radius 2 is 1.66 bits per heavy atom. The number of rotatable bonds is 4. The molecule has 9 heteroatoms. The zero-order chi connectivity index (χ0) is 22.1. The molecule has 5 rings (SSSR count). The molecule has 168 valence electrons. The van der Waals surface area contributed by atoms with Crippen LogP contribution >= 0.6 is 0 Å². The first kappa shape index (κ1) is 21.1. The highest BCUT2D eigenvalue weighted by Crippen LogP contribution is 2.30. The Morgan fingerprint density at radius 1 is 0.906 bits per heavy atom. The normalized spacial score (nSPS) is 21.1. The summed E-state index contributed by atoms with van der Waals surface area (Å²) in [6, 6.07) is 14.3. The number of fused-ring (bicyclic) bond motifs is 1. The number of sulfonamides is 1. The van der Waals surface area contributed by atoms with Gasteiger partial charge in [0.1, 0.15) is 5.82 Å². The van der Waals surface area contributed by atoms with E-state index in [1.165, 1.54) is 4.31 Å². The Kier molecular flexibility index (Phi) is 5.69. The summed E-state index contributed by atoms with van der Waals surface area (Å²) >= 11 is 0. The van der Waals surface area contributed by atoms with Crippen molar-refractivity contribution in [1.29, 1.82) is 0 Å². The van der Waals surface area contributed by atoms with Gasteiger partial charge >= 0.3 is 0 Å². The van der Waals surface area contributed by atoms with Crippen LogP contribution in [0.2, 0.25) is 0 Å². The number of pyridine rings is 1. The van der Waals surface area contributed by atoms with Crippen LogP contribution in [0.1, 0.15) is 37.4 Å². The number of likely N-dealkylation sites (tertiary alicyclic amines) is 1. The van der Waals surface area contributed by atoms with E-state index in [2.05, 4.69) is 10.2 Å². The number of hydrogen-bond donors (Lipinski definition) is 0. The average molecular weight is 454 g/mol. The number of amides is 1. The highest BCUT2D eigenvalue weighted by molar-refractivity contribution is 7.89. The summed E-state index contributed by atoms with van der Waals surface area (Å²) in [5, 5.41) is 8.65. The van der Waals surface area contributed by atoms with Gasteiger partial charge in [0.05, 0.1) is 4.90 Å². The molecule has 32 heavy (non-hydrogen) atoms. The Balaban J connectivity index is 1.23. The van der Waals surface area contributed by atoms with Crippen molar-refractivity contribution in [3.8, 4) is 0 Å². The van der Waals surface area contributed by atoms with Crippen LogP contribution in [-0.4, -0.2) is 64.3 Å². The van der Waals surface area contributed by atoms with Crippen LogP contribution in [0.3, 0.4) is 0 Å². The Labute approximate surface area is 187 Å². The fraction of sp³-hybridized carbons (Fsp3) is 0.435. The third-order valence-electron chi connectivity index (χ3n) is 6.62. The minimum Gasteiger partial charge on any atom is -0.342 e. The summed E-state index contributed by atoms with van der Waals surface area (Å²) < 4.78 is 29.2. The maximum absolute atomic E-state index is 13.3. The number of hydrogen-bond acceptors (Lipinski definition) is 5. The molecule has 0 spiro atoms. The van der Waals surface area contributed by atoms with Crippen LogP contribution in [0.25, 0.3) is 5.65 Å². The lowest BCUT2D eigenvalue weighted by Crippen LogP contribution is -2.47. The minimum atomic E-state index is -3.50. The van der Waals surface area contributed by atoms with Crippen molar-refractivity contribution in [3.63, 3.8) is 0 Å². The van der Waals surface area contributed by atoms with Crippen molar-refractivity contribution in [2.24, 2.45) is 5.92 Å². The number of piperidine rings is 2. The van der Waals surface area contributed by atoms with Crippen LogP contribution in [0.15, 0.2) is 59.6 Å². The van der Waals surface area contributed by atoms with Crippen LogP contribution < -0.4 is 0 Å². The quantitative estimate of drug-likeness (QED) is 0.606. The molecule has 3 aromatic rings. The van der Waals surface area contributed by atoms with Crippen LogP contribution in [0.5, 0.6) is 0 Å². The summed E-state index contributed by atoms with van der Waals surface area (Å²) in [5.41, 5.74) is 0.818. The van der Waals surface area contributed by atoms with E-state index in [0.717, 1.165) is 30.9 Å². The zero-order valence-electron chi connectivity index (χ0n) is 17.9. The lowest BCUT2D eigenvalue weighted by molar-refractivity contribution is -0.138. The van der Waals surface area contributed by atoms with Crippen molar-refractivity contribution >= 4 is 21.6 Å². The van der Waals surface area contributed by atoms with Crippen molar-refractivity contribution in [3.05, 3.63) is 60.6 Å². The molecule has 1 amide bonds. The standard InChI is InChI=1S/C23H27N5O3S/c29-23(18-11-15-27(16-12-18)32(30,31)20-8-2-1-3-9-20)26-13-6-7-19(17-26)22-25-24-21-10-4-5-14-28(21)22/h1-5,8-10,14,18-19H,6-7,11-13,15-17H2. The largest absolute Gasteiger partial charge is 0.342 e. The first-order chi connectivity index (χ1) is 15.5. The fourth-order valence-electron chi connectivity index (χ4n) is 4.87. The van der Waals surface area contributed by atoms with Gasteiger partial charge in [-0.05, 0) is 49.9 Å². The summed E-state index contributed by atoms with van der Waals surface area (Å²) in [6.45, 7) is 2.13. The number of nitrogens with zero attached hydrogens (tertiary/aromatic N) is 5. The molecule has 2 saturated heterocycles. The summed E-state index contributed by atoms with van der Waals surface area (Å²) in [6.07, 6.45) is 4.99. The predicted octanol–water partition coefficient (Wildman–Crippen LogP) is 2.54. The smallest absolute Gasteiger partial charge is 0.243 e. The molecule has 2 fully saturated rings. The lowest BCUT2D eigenvalue weighted by atomic mass is 9.92. The molecule has 2 aliphatic heterocycles. The summed E-state index contributed by atoms with van der Waals surface area (Å²) in [4.78, 5) is 15.5. The van der Waals surface area contributed by atoms with Gasteiger partial charge in [0.25, 0.3) is 0 Å². The van der Waals surface area contributed by atoms with E-state index in [1.54, 1.807) is 30.3 Å². The molecular formula is C23H27N5O3S. The van der Waals surface area contributed by atoms with E-state index < -0.39 is 10.0 Å². The van der Waals surface area contributed by atoms with Crippen molar-refractivity contribution in [2.45, 2.75) is 36.5 Å². The Morgan fingerprint density at radius 3 is 2.44 bits per heavy atom. The molecule has 2 aliphatic rings. The molecule has 1 atom stereocenters. The number of carbonyl (C=O) groups excluding carboxylic acids is 1. The van der Waals surface area contributed by atoms with Crippen molar-refractivity contribution < 1.29 is 13.2 Å². The van der Waals surface area contributed by atoms with Gasteiger partial charge < -0.3 is 4.90 Å². The molecule has 0 bridgehead atoms. The molecule has 0 radical (unpaired) electrons. The first-order valence-electron chi connectivity index (χ1n) is 11.2. The van der Waals surface area contributed by atoms with E-state index in [1.807, 2.05) is 33.7 Å². The number of benzene rings is 1. The van der Waals surface area contributed by atoms with Gasteiger partial charge in [0.15, 0.2) is 5.65 Å². The maximum atomic E-state index is 13.3. The molecular weight excluding hydrogens is 426 g/mol. The average Bonchev–Trinajstić information content (AvgIpc) is 3.28. The second kappa shape index (κ2) is 8.63. The van der Waals surface area contributed by atoms with E-state index >= 15 is 0 Å². The van der Waals surface area contributed by atoms with Crippen molar-refractivity contribution in [1.82, 2.24) is 23.8 Å². The predicted molar refractivity (Wildman–Crippen MR) is 119 cm³/mol. The Bertz CT molecular complexity index is 1200. The van der Waals surface area contributed by atoms with Crippen LogP contribution in [0.4, 0.5) is 0 Å². The number of carbonyl (C=O) groups is 1. The van der Waals surface area contributed by atoms with E-state index in [-0.39, 0.29) is 17.7 Å². The highest BCUT2D eigenvalue weighted by Gasteiger charge is 2.36. The Hall–Kier alpha value is -2.78. The van der Waals surface area contributed by atoms with Crippen LogP contribution in [-0.2, 0) is 14.8 Å². The van der Waals surface area contributed by atoms with E-state index in [0.29, 0.717) is 37.4 Å². The second-order valence-electron chi connectivity index (χ2n) is 8.60. The van der Waals surface area contributed by atoms with Gasteiger partial charge in [0, 0.05) is 44.2 Å². The molecule has 1 unspecified atom stereocenters. The third kappa shape index (κ3) is 3.91. The number of aromatic nitrogens is 3. The zero-order valence-corrected chi connectivity index (χ0v) is 18.7. The molecule has 2 aromatic heterocycles. The molecule has 8 nitrogen and oxygen atoms in total. The minimum absolute atomic E-state index is 0.133. The second-order valence-corrected chi connectivity index (χ2v) is 10.5. The molecule has 0 N–H and O–H groups in total. The van der Waals surface area contributed by atoms with Gasteiger partial charge in [-0.25, -0.2) is 8.42 Å². The van der Waals surface area contributed by atoms with E-state index in [4.69, 9.17) is 0 Å². The monoisotopic (exact) mass is 453 g/mol. The fourth-order valence-corrected chi connectivity index (χ4v) is 6.36. The maximum Gasteiger partial charge on any atom is 0.243 e. The SMILES string of the molecule is O=C(C1CCN(S(=O)(=O)c2ccccc2)CC1)N1CCCC(c2nnc3ccccn23)C1. The van der Waals surface area contributed by atoms with Crippen LogP contribution in [0, 0.1) is 5.92 Å². The highest BCUT2D eigenvalue weighted by atomic mass is 32.2. The lowest BCUT2D eigenvalue weighted by Gasteiger charge is -2.37. The molecule has 4 heterocycles. The third-order valence-corrected chi connectivity index (χ3v) is 8.54. The van der Waals surface area contributed by atoms with Gasteiger partial charge in [-0.1, -0.05) is 24.3 Å².